The Hall–Kier alpha value is -0.160. The molecular formula is C29H58O4. The third kappa shape index (κ3) is 20.9. The molecule has 2 atom stereocenters. The maximum absolute atomic E-state index is 8.77. The third-order valence-electron chi connectivity index (χ3n) is 6.86. The van der Waals surface area contributed by atoms with Crippen molar-refractivity contribution in [3.63, 3.8) is 0 Å². The molecule has 0 unspecified atom stereocenters. The Morgan fingerprint density at radius 2 is 1.12 bits per heavy atom. The molecule has 0 radical (unpaired) electrons. The van der Waals surface area contributed by atoms with Gasteiger partial charge in [-0.15, -0.1) is 0 Å². The van der Waals surface area contributed by atoms with Gasteiger partial charge in [-0.2, -0.15) is 0 Å². The van der Waals surface area contributed by atoms with Gasteiger partial charge in [-0.3, -0.25) is 0 Å². The molecule has 4 nitrogen and oxygen atoms in total. The number of hydrogen-bond donors (Lipinski definition) is 1. The third-order valence-corrected chi connectivity index (χ3v) is 6.86. The van der Waals surface area contributed by atoms with E-state index in [0.717, 1.165) is 32.3 Å². The molecule has 0 aromatic rings. The fourth-order valence-corrected chi connectivity index (χ4v) is 4.67. The van der Waals surface area contributed by atoms with Crippen LogP contribution in [0.2, 0.25) is 0 Å². The van der Waals surface area contributed by atoms with Crippen LogP contribution in [0.3, 0.4) is 0 Å². The van der Waals surface area contributed by atoms with Crippen LogP contribution >= 0.6 is 0 Å². The monoisotopic (exact) mass is 470 g/mol. The summed E-state index contributed by atoms with van der Waals surface area (Å²) < 4.78 is 17.6. The second-order valence-electron chi connectivity index (χ2n) is 10.2. The molecule has 1 fully saturated rings. The van der Waals surface area contributed by atoms with Crippen LogP contribution in [0.1, 0.15) is 148 Å². The first-order valence-electron chi connectivity index (χ1n) is 14.8. The number of hydrogen-bond acceptors (Lipinski definition) is 4. The van der Waals surface area contributed by atoms with Gasteiger partial charge in [-0.05, 0) is 25.7 Å². The van der Waals surface area contributed by atoms with Crippen LogP contribution in [0.5, 0.6) is 0 Å². The summed E-state index contributed by atoms with van der Waals surface area (Å²) in [5, 5.41) is 8.77. The van der Waals surface area contributed by atoms with Crippen molar-refractivity contribution in [2.75, 3.05) is 26.4 Å². The Balaban J connectivity index is 1.75. The van der Waals surface area contributed by atoms with E-state index in [0.29, 0.717) is 19.8 Å². The minimum Gasteiger partial charge on any atom is -0.396 e. The minimum absolute atomic E-state index is 0.00732. The molecule has 0 bridgehead atoms. The van der Waals surface area contributed by atoms with Crippen molar-refractivity contribution in [1.82, 2.24) is 0 Å². The molecule has 0 saturated carbocycles. The first kappa shape index (κ1) is 30.9. The quantitative estimate of drug-likeness (QED) is 0.129. The Morgan fingerprint density at radius 3 is 1.67 bits per heavy atom. The number of ether oxygens (including phenoxy) is 3. The number of aliphatic hydroxyl groups is 1. The van der Waals surface area contributed by atoms with Crippen molar-refractivity contribution >= 4 is 0 Å². The van der Waals surface area contributed by atoms with E-state index in [1.807, 2.05) is 0 Å². The van der Waals surface area contributed by atoms with Gasteiger partial charge in [-0.25, -0.2) is 0 Å². The lowest BCUT2D eigenvalue weighted by Gasteiger charge is -2.12. The highest BCUT2D eigenvalue weighted by molar-refractivity contribution is 4.65. The van der Waals surface area contributed by atoms with Gasteiger partial charge in [0.05, 0.1) is 13.2 Å². The van der Waals surface area contributed by atoms with Crippen molar-refractivity contribution in [2.45, 2.75) is 161 Å². The van der Waals surface area contributed by atoms with Gasteiger partial charge in [0.2, 0.25) is 0 Å². The molecule has 1 aliphatic rings. The van der Waals surface area contributed by atoms with Gasteiger partial charge in [-0.1, -0.05) is 122 Å². The fourth-order valence-electron chi connectivity index (χ4n) is 4.67. The van der Waals surface area contributed by atoms with Crippen molar-refractivity contribution in [2.24, 2.45) is 0 Å². The molecule has 0 aliphatic carbocycles. The van der Waals surface area contributed by atoms with Crippen LogP contribution in [0.25, 0.3) is 0 Å². The van der Waals surface area contributed by atoms with Crippen LogP contribution in [0.15, 0.2) is 0 Å². The van der Waals surface area contributed by atoms with E-state index in [1.54, 1.807) is 0 Å². The maximum Gasteiger partial charge on any atom is 0.158 e. The normalized spacial score (nSPS) is 18.4. The van der Waals surface area contributed by atoms with Crippen LogP contribution < -0.4 is 0 Å². The SMILES string of the molecule is CCCCCCCCCCCCCCCCC[C@@H]1OC[C@@H](COCCCCCCCCO)O1. The van der Waals surface area contributed by atoms with Crippen LogP contribution in [0.4, 0.5) is 0 Å². The van der Waals surface area contributed by atoms with Gasteiger partial charge in [0.25, 0.3) is 0 Å². The lowest BCUT2D eigenvalue weighted by atomic mass is 10.0. The van der Waals surface area contributed by atoms with Gasteiger partial charge in [0.15, 0.2) is 6.29 Å². The first-order valence-corrected chi connectivity index (χ1v) is 14.8. The summed E-state index contributed by atoms with van der Waals surface area (Å²) in [6, 6.07) is 0. The molecule has 1 rings (SSSR count). The molecule has 1 aliphatic heterocycles. The van der Waals surface area contributed by atoms with E-state index < -0.39 is 0 Å². The summed E-state index contributed by atoms with van der Waals surface area (Å²) >= 11 is 0. The van der Waals surface area contributed by atoms with E-state index in [4.69, 9.17) is 19.3 Å². The van der Waals surface area contributed by atoms with E-state index in [-0.39, 0.29) is 12.4 Å². The van der Waals surface area contributed by atoms with Crippen molar-refractivity contribution in [3.05, 3.63) is 0 Å². The van der Waals surface area contributed by atoms with Gasteiger partial charge in [0.1, 0.15) is 6.10 Å². The lowest BCUT2D eigenvalue weighted by Crippen LogP contribution is -2.19. The predicted molar refractivity (Wildman–Crippen MR) is 140 cm³/mol. The van der Waals surface area contributed by atoms with Crippen LogP contribution in [-0.4, -0.2) is 43.9 Å². The Kier molecular flexibility index (Phi) is 23.3. The zero-order valence-corrected chi connectivity index (χ0v) is 22.2. The van der Waals surface area contributed by atoms with Crippen LogP contribution in [0, 0.1) is 0 Å². The summed E-state index contributed by atoms with van der Waals surface area (Å²) in [6.07, 6.45) is 29.1. The molecule has 1 heterocycles. The largest absolute Gasteiger partial charge is 0.396 e. The molecule has 0 amide bonds. The summed E-state index contributed by atoms with van der Waals surface area (Å²) in [5.41, 5.74) is 0. The molecular weight excluding hydrogens is 412 g/mol. The average molecular weight is 471 g/mol. The molecule has 4 heteroatoms. The molecule has 198 valence electrons. The maximum atomic E-state index is 8.77. The molecule has 0 spiro atoms. The highest BCUT2D eigenvalue weighted by Crippen LogP contribution is 2.19. The molecule has 0 aromatic heterocycles. The standard InChI is InChI=1S/C29H58O4/c1-2-3-4-5-6-7-8-9-10-11-12-13-14-17-20-23-29-32-27-28(33-29)26-31-25-22-19-16-15-18-21-24-30/h28-30H,2-27H2,1H3/t28-,29-/m1/s1. The number of aliphatic hydroxyl groups excluding tert-OH is 1. The summed E-state index contributed by atoms with van der Waals surface area (Å²) in [4.78, 5) is 0. The van der Waals surface area contributed by atoms with E-state index in [1.165, 1.54) is 116 Å². The van der Waals surface area contributed by atoms with Crippen molar-refractivity contribution < 1.29 is 19.3 Å². The van der Waals surface area contributed by atoms with E-state index >= 15 is 0 Å². The van der Waals surface area contributed by atoms with Crippen molar-refractivity contribution in [1.29, 1.82) is 0 Å². The minimum atomic E-state index is -0.00732. The van der Waals surface area contributed by atoms with Crippen LogP contribution in [-0.2, 0) is 14.2 Å². The highest BCUT2D eigenvalue weighted by Gasteiger charge is 2.25. The van der Waals surface area contributed by atoms with Gasteiger partial charge >= 0.3 is 0 Å². The topological polar surface area (TPSA) is 47.9 Å². The van der Waals surface area contributed by atoms with E-state index in [9.17, 15) is 0 Å². The summed E-state index contributed by atoms with van der Waals surface area (Å²) in [6.45, 7) is 4.79. The zero-order chi connectivity index (χ0) is 23.7. The predicted octanol–water partition coefficient (Wildman–Crippen LogP) is 8.34. The van der Waals surface area contributed by atoms with E-state index in [2.05, 4.69) is 6.92 Å². The fraction of sp³-hybridized carbons (Fsp3) is 1.00. The Morgan fingerprint density at radius 1 is 0.636 bits per heavy atom. The number of rotatable bonds is 26. The first-order chi connectivity index (χ1) is 16.4. The summed E-state index contributed by atoms with van der Waals surface area (Å²) in [5.74, 6) is 0. The lowest BCUT2D eigenvalue weighted by molar-refractivity contribution is -0.0761. The van der Waals surface area contributed by atoms with Gasteiger partial charge in [0, 0.05) is 13.2 Å². The second-order valence-corrected chi connectivity index (χ2v) is 10.2. The molecule has 1 saturated heterocycles. The average Bonchev–Trinajstić information content (AvgIpc) is 3.28. The number of unbranched alkanes of at least 4 members (excludes halogenated alkanes) is 19. The van der Waals surface area contributed by atoms with Gasteiger partial charge < -0.3 is 19.3 Å². The molecule has 1 N–H and O–H groups in total. The molecule has 33 heavy (non-hydrogen) atoms. The zero-order valence-electron chi connectivity index (χ0n) is 22.2. The molecule has 0 aromatic carbocycles. The highest BCUT2D eigenvalue weighted by atomic mass is 16.7. The van der Waals surface area contributed by atoms with Crippen molar-refractivity contribution in [3.8, 4) is 0 Å². The Labute approximate surface area is 206 Å². The summed E-state index contributed by atoms with van der Waals surface area (Å²) in [7, 11) is 0. The Bertz CT molecular complexity index is 377. The smallest absolute Gasteiger partial charge is 0.158 e. The second kappa shape index (κ2) is 24.9.